The third-order valence-corrected chi connectivity index (χ3v) is 6.09. The molecule has 1 saturated heterocycles. The van der Waals surface area contributed by atoms with Gasteiger partial charge in [-0.2, -0.15) is 0 Å². The fourth-order valence-corrected chi connectivity index (χ4v) is 4.77. The highest BCUT2D eigenvalue weighted by molar-refractivity contribution is 6.59. The number of nitrogens with zero attached hydrogens (tertiary/aromatic N) is 1. The summed E-state index contributed by atoms with van der Waals surface area (Å²) in [6.45, 7) is 9.22. The SMILES string of the molecule is CCCN(C)C1([SiH](C)C)CCCCO1. The second-order valence-electron chi connectivity index (χ2n) is 4.73. The zero-order valence-electron chi connectivity index (χ0n) is 10.2. The standard InChI is InChI=1S/C11H25NOSi/c1-5-9-12(2)11(14(3)4)8-6-7-10-13-11/h14H,5-10H2,1-4H3. The third kappa shape index (κ3) is 2.38. The van der Waals surface area contributed by atoms with Crippen molar-refractivity contribution >= 4 is 8.80 Å². The van der Waals surface area contributed by atoms with Gasteiger partial charge in [0.1, 0.15) is 5.35 Å². The van der Waals surface area contributed by atoms with E-state index in [2.05, 4.69) is 32.0 Å². The van der Waals surface area contributed by atoms with Gasteiger partial charge in [0.2, 0.25) is 0 Å². The van der Waals surface area contributed by atoms with E-state index in [9.17, 15) is 0 Å². The van der Waals surface area contributed by atoms with Crippen LogP contribution in [0.5, 0.6) is 0 Å². The Bertz CT molecular complexity index is 167. The van der Waals surface area contributed by atoms with Gasteiger partial charge in [0.05, 0.1) is 8.80 Å². The second kappa shape index (κ2) is 5.28. The Kier molecular flexibility index (Phi) is 4.61. The van der Waals surface area contributed by atoms with E-state index in [1.807, 2.05) is 0 Å². The van der Waals surface area contributed by atoms with Crippen molar-refractivity contribution in [3.63, 3.8) is 0 Å². The number of ether oxygens (including phenoxy) is 1. The van der Waals surface area contributed by atoms with Crippen molar-refractivity contribution in [2.45, 2.75) is 51.0 Å². The van der Waals surface area contributed by atoms with Gasteiger partial charge in [-0.15, -0.1) is 0 Å². The lowest BCUT2D eigenvalue weighted by Gasteiger charge is -2.47. The molecule has 1 aliphatic heterocycles. The summed E-state index contributed by atoms with van der Waals surface area (Å²) in [4.78, 5) is 2.48. The summed E-state index contributed by atoms with van der Waals surface area (Å²) in [6, 6.07) is 0. The molecule has 0 saturated carbocycles. The molecule has 3 heteroatoms. The maximum absolute atomic E-state index is 6.13. The highest BCUT2D eigenvalue weighted by Crippen LogP contribution is 2.30. The van der Waals surface area contributed by atoms with Gasteiger partial charge in [-0.05, 0) is 39.3 Å². The quantitative estimate of drug-likeness (QED) is 0.667. The predicted molar refractivity (Wildman–Crippen MR) is 64.3 cm³/mol. The lowest BCUT2D eigenvalue weighted by Crippen LogP contribution is -2.59. The summed E-state index contributed by atoms with van der Waals surface area (Å²) >= 11 is 0. The van der Waals surface area contributed by atoms with Crippen LogP contribution >= 0.6 is 0 Å². The summed E-state index contributed by atoms with van der Waals surface area (Å²) in [6.07, 6.45) is 5.08. The van der Waals surface area contributed by atoms with Crippen molar-refractivity contribution in [2.75, 3.05) is 20.2 Å². The number of hydrogen-bond acceptors (Lipinski definition) is 2. The van der Waals surface area contributed by atoms with Crippen molar-refractivity contribution in [2.24, 2.45) is 0 Å². The monoisotopic (exact) mass is 215 g/mol. The molecule has 0 N–H and O–H groups in total. The summed E-state index contributed by atoms with van der Waals surface area (Å²) in [7, 11) is 1.46. The summed E-state index contributed by atoms with van der Waals surface area (Å²) in [5.74, 6) is 0. The van der Waals surface area contributed by atoms with Gasteiger partial charge in [0, 0.05) is 6.61 Å². The van der Waals surface area contributed by atoms with Crippen LogP contribution in [0.3, 0.4) is 0 Å². The molecule has 14 heavy (non-hydrogen) atoms. The van der Waals surface area contributed by atoms with Crippen molar-refractivity contribution in [3.8, 4) is 0 Å². The summed E-state index contributed by atoms with van der Waals surface area (Å²) < 4.78 is 6.13. The zero-order chi connectivity index (χ0) is 10.6. The Balaban J connectivity index is 2.69. The smallest absolute Gasteiger partial charge is 0.103 e. The molecular weight excluding hydrogens is 190 g/mol. The lowest BCUT2D eigenvalue weighted by molar-refractivity contribution is -0.116. The molecule has 1 aliphatic rings. The molecule has 0 amide bonds. The van der Waals surface area contributed by atoms with Crippen LogP contribution in [-0.2, 0) is 4.74 Å². The minimum Gasteiger partial charge on any atom is -0.364 e. The van der Waals surface area contributed by atoms with E-state index in [0.717, 1.165) is 6.61 Å². The number of rotatable bonds is 4. The first-order chi connectivity index (χ1) is 6.63. The van der Waals surface area contributed by atoms with Gasteiger partial charge in [-0.3, -0.25) is 4.90 Å². The molecule has 0 radical (unpaired) electrons. The third-order valence-electron chi connectivity index (χ3n) is 3.39. The Morgan fingerprint density at radius 2 is 2.07 bits per heavy atom. The fraction of sp³-hybridized carbons (Fsp3) is 1.00. The van der Waals surface area contributed by atoms with Crippen LogP contribution in [0.25, 0.3) is 0 Å². The first-order valence-corrected chi connectivity index (χ1v) is 8.87. The molecular formula is C11H25NOSi. The molecule has 1 fully saturated rings. The topological polar surface area (TPSA) is 12.5 Å². The molecule has 0 aromatic carbocycles. The van der Waals surface area contributed by atoms with Gasteiger partial charge < -0.3 is 4.74 Å². The van der Waals surface area contributed by atoms with Crippen LogP contribution in [0.1, 0.15) is 32.6 Å². The van der Waals surface area contributed by atoms with Crippen LogP contribution in [0, 0.1) is 0 Å². The van der Waals surface area contributed by atoms with Crippen LogP contribution < -0.4 is 0 Å². The van der Waals surface area contributed by atoms with E-state index in [-0.39, 0.29) is 5.35 Å². The van der Waals surface area contributed by atoms with Crippen LogP contribution in [-0.4, -0.2) is 39.2 Å². The van der Waals surface area contributed by atoms with Crippen molar-refractivity contribution in [1.29, 1.82) is 0 Å². The largest absolute Gasteiger partial charge is 0.364 e. The van der Waals surface area contributed by atoms with E-state index < -0.39 is 8.80 Å². The van der Waals surface area contributed by atoms with E-state index in [0.29, 0.717) is 0 Å². The molecule has 1 unspecified atom stereocenters. The van der Waals surface area contributed by atoms with E-state index >= 15 is 0 Å². The second-order valence-corrected chi connectivity index (χ2v) is 7.94. The maximum atomic E-state index is 6.13. The molecule has 1 heterocycles. The van der Waals surface area contributed by atoms with Gasteiger partial charge in [-0.1, -0.05) is 20.0 Å². The highest BCUT2D eigenvalue weighted by Gasteiger charge is 2.40. The van der Waals surface area contributed by atoms with Gasteiger partial charge in [0.25, 0.3) is 0 Å². The normalized spacial score (nSPS) is 28.7. The average Bonchev–Trinajstić information content (AvgIpc) is 2.19. The molecule has 0 aromatic heterocycles. The molecule has 0 bridgehead atoms. The Morgan fingerprint density at radius 1 is 1.36 bits per heavy atom. The number of hydrogen-bond donors (Lipinski definition) is 0. The van der Waals surface area contributed by atoms with E-state index in [1.165, 1.54) is 32.2 Å². The lowest BCUT2D eigenvalue weighted by atomic mass is 10.1. The van der Waals surface area contributed by atoms with E-state index in [1.54, 1.807) is 0 Å². The predicted octanol–water partition coefficient (Wildman–Crippen LogP) is 2.25. The first-order valence-electron chi connectivity index (χ1n) is 5.98. The molecule has 1 atom stereocenters. The van der Waals surface area contributed by atoms with Crippen molar-refractivity contribution < 1.29 is 4.74 Å². The molecule has 0 aromatic rings. The summed E-state index contributed by atoms with van der Waals surface area (Å²) in [5.41, 5.74) is 0. The maximum Gasteiger partial charge on any atom is 0.103 e. The van der Waals surface area contributed by atoms with Crippen LogP contribution in [0.4, 0.5) is 0 Å². The molecule has 0 aliphatic carbocycles. The Labute approximate surface area is 90.2 Å². The Hall–Kier alpha value is 0.137. The van der Waals surface area contributed by atoms with Crippen LogP contribution in [0.2, 0.25) is 13.1 Å². The van der Waals surface area contributed by atoms with Crippen LogP contribution in [0.15, 0.2) is 0 Å². The summed E-state index contributed by atoms with van der Waals surface area (Å²) in [5, 5.41) is 0.161. The van der Waals surface area contributed by atoms with Crippen molar-refractivity contribution in [1.82, 2.24) is 4.90 Å². The van der Waals surface area contributed by atoms with Crippen molar-refractivity contribution in [3.05, 3.63) is 0 Å². The highest BCUT2D eigenvalue weighted by atomic mass is 28.3. The zero-order valence-corrected chi connectivity index (χ0v) is 11.3. The van der Waals surface area contributed by atoms with Gasteiger partial charge in [-0.25, -0.2) is 0 Å². The molecule has 84 valence electrons. The minimum absolute atomic E-state index is 0.161. The van der Waals surface area contributed by atoms with E-state index in [4.69, 9.17) is 4.74 Å². The fourth-order valence-electron chi connectivity index (χ4n) is 2.52. The van der Waals surface area contributed by atoms with Gasteiger partial charge >= 0.3 is 0 Å². The van der Waals surface area contributed by atoms with Gasteiger partial charge in [0.15, 0.2) is 0 Å². The molecule has 2 nitrogen and oxygen atoms in total. The minimum atomic E-state index is -0.773. The average molecular weight is 215 g/mol. The Morgan fingerprint density at radius 3 is 2.50 bits per heavy atom. The molecule has 1 rings (SSSR count). The molecule has 0 spiro atoms. The first kappa shape index (κ1) is 12.2.